The van der Waals surface area contributed by atoms with E-state index in [9.17, 15) is 4.79 Å². The fourth-order valence-electron chi connectivity index (χ4n) is 2.14. The third-order valence-corrected chi connectivity index (χ3v) is 4.14. The number of ether oxygens (including phenoxy) is 1. The van der Waals surface area contributed by atoms with Gasteiger partial charge in [0.1, 0.15) is 0 Å². The van der Waals surface area contributed by atoms with Gasteiger partial charge in [0.2, 0.25) is 0 Å². The van der Waals surface area contributed by atoms with E-state index in [2.05, 4.69) is 5.32 Å². The van der Waals surface area contributed by atoms with E-state index in [1.54, 1.807) is 11.8 Å². The number of carbonyl (C=O) groups is 1. The molecule has 116 valence electrons. The molecule has 1 N–H and O–H groups in total. The van der Waals surface area contributed by atoms with Crippen LogP contribution in [0.2, 0.25) is 0 Å². The lowest BCUT2D eigenvalue weighted by Crippen LogP contribution is -2.15. The molecule has 0 aliphatic heterocycles. The van der Waals surface area contributed by atoms with Crippen molar-refractivity contribution in [2.45, 2.75) is 25.3 Å². The predicted octanol–water partition coefficient (Wildman–Crippen LogP) is 4.51. The number of benzene rings is 2. The summed E-state index contributed by atoms with van der Waals surface area (Å²) in [5.74, 6) is -0.0858. The van der Waals surface area contributed by atoms with Gasteiger partial charge in [0, 0.05) is 28.3 Å². The van der Waals surface area contributed by atoms with Gasteiger partial charge in [-0.2, -0.15) is 0 Å². The van der Waals surface area contributed by atoms with E-state index in [0.717, 1.165) is 21.7 Å². The summed E-state index contributed by atoms with van der Waals surface area (Å²) >= 11 is 1.63. The summed E-state index contributed by atoms with van der Waals surface area (Å²) in [6, 6.07) is 13.7. The molecule has 22 heavy (non-hydrogen) atoms. The van der Waals surface area contributed by atoms with E-state index in [0.29, 0.717) is 18.8 Å². The van der Waals surface area contributed by atoms with Crippen LogP contribution in [0.25, 0.3) is 0 Å². The zero-order valence-corrected chi connectivity index (χ0v) is 14.0. The first-order valence-electron chi connectivity index (χ1n) is 7.27. The molecule has 0 saturated heterocycles. The van der Waals surface area contributed by atoms with Crippen LogP contribution in [0.1, 0.15) is 28.4 Å². The lowest BCUT2D eigenvalue weighted by atomic mass is 10.1. The topological polar surface area (TPSA) is 38.3 Å². The molecule has 0 unspecified atom stereocenters. The number of rotatable bonds is 6. The molecule has 0 radical (unpaired) electrons. The Hall–Kier alpha value is -1.78. The van der Waals surface area contributed by atoms with Gasteiger partial charge in [-0.3, -0.25) is 4.79 Å². The first kappa shape index (κ1) is 16.6. The van der Waals surface area contributed by atoms with E-state index >= 15 is 0 Å². The quantitative estimate of drug-likeness (QED) is 0.797. The monoisotopic (exact) mass is 315 g/mol. The molecule has 0 aliphatic rings. The second kappa shape index (κ2) is 8.01. The Labute approximate surface area is 136 Å². The summed E-state index contributed by atoms with van der Waals surface area (Å²) in [6.07, 6.45) is 2.00. The van der Waals surface area contributed by atoms with Gasteiger partial charge in [0.05, 0.1) is 6.61 Å². The minimum atomic E-state index is -0.0858. The van der Waals surface area contributed by atoms with Crippen molar-refractivity contribution in [1.29, 1.82) is 0 Å². The van der Waals surface area contributed by atoms with Crippen LogP contribution in [0.3, 0.4) is 0 Å². The number of hydrogen-bond donors (Lipinski definition) is 1. The van der Waals surface area contributed by atoms with Crippen LogP contribution >= 0.6 is 11.8 Å². The van der Waals surface area contributed by atoms with Crippen LogP contribution in [0.15, 0.2) is 47.4 Å². The molecule has 4 heteroatoms. The highest BCUT2D eigenvalue weighted by atomic mass is 32.2. The first-order chi connectivity index (χ1) is 10.7. The molecule has 0 aliphatic carbocycles. The molecule has 2 aromatic carbocycles. The molecule has 0 fully saturated rings. The van der Waals surface area contributed by atoms with Crippen LogP contribution in [0.4, 0.5) is 5.69 Å². The summed E-state index contributed by atoms with van der Waals surface area (Å²) in [6.45, 7) is 5.05. The van der Waals surface area contributed by atoms with Crippen LogP contribution in [0, 0.1) is 6.92 Å². The van der Waals surface area contributed by atoms with Crippen molar-refractivity contribution >= 4 is 23.4 Å². The molecule has 0 bridgehead atoms. The molecule has 0 heterocycles. The maximum Gasteiger partial charge on any atom is 0.255 e. The molecule has 2 rings (SSSR count). The van der Waals surface area contributed by atoms with Crippen molar-refractivity contribution in [2.24, 2.45) is 0 Å². The van der Waals surface area contributed by atoms with Crippen LogP contribution in [-0.2, 0) is 11.3 Å². The predicted molar refractivity (Wildman–Crippen MR) is 92.7 cm³/mol. The SMILES string of the molecule is CCOCc1ccccc1NC(=O)c1cc(SC)ccc1C. The van der Waals surface area contributed by atoms with Gasteiger partial charge in [0.25, 0.3) is 5.91 Å². The zero-order chi connectivity index (χ0) is 15.9. The lowest BCUT2D eigenvalue weighted by molar-refractivity contribution is 0.102. The van der Waals surface area contributed by atoms with Gasteiger partial charge in [-0.05, 0) is 43.9 Å². The van der Waals surface area contributed by atoms with Crippen molar-refractivity contribution in [3.63, 3.8) is 0 Å². The number of para-hydroxylation sites is 1. The standard InChI is InChI=1S/C18H21NO2S/c1-4-21-12-14-7-5-6-8-17(14)19-18(20)16-11-15(22-3)10-9-13(16)2/h5-11H,4,12H2,1-3H3,(H,19,20). The van der Waals surface area contributed by atoms with Gasteiger partial charge in [-0.15, -0.1) is 11.8 Å². The van der Waals surface area contributed by atoms with Crippen LogP contribution in [0.5, 0.6) is 0 Å². The largest absolute Gasteiger partial charge is 0.377 e. The maximum absolute atomic E-state index is 12.6. The van der Waals surface area contributed by atoms with Gasteiger partial charge >= 0.3 is 0 Å². The highest BCUT2D eigenvalue weighted by Crippen LogP contribution is 2.22. The molecule has 2 aromatic rings. The van der Waals surface area contributed by atoms with E-state index in [1.165, 1.54) is 0 Å². The summed E-state index contributed by atoms with van der Waals surface area (Å²) in [5, 5.41) is 3.00. The van der Waals surface area contributed by atoms with E-state index in [1.807, 2.05) is 62.6 Å². The van der Waals surface area contributed by atoms with Crippen molar-refractivity contribution < 1.29 is 9.53 Å². The number of hydrogen-bond acceptors (Lipinski definition) is 3. The molecular formula is C18H21NO2S. The van der Waals surface area contributed by atoms with Gasteiger partial charge in [0.15, 0.2) is 0 Å². The summed E-state index contributed by atoms with van der Waals surface area (Å²) in [4.78, 5) is 13.6. The summed E-state index contributed by atoms with van der Waals surface area (Å²) in [5.41, 5.74) is 3.46. The number of thioether (sulfide) groups is 1. The van der Waals surface area contributed by atoms with E-state index < -0.39 is 0 Å². The molecule has 0 saturated carbocycles. The third kappa shape index (κ3) is 4.12. The van der Waals surface area contributed by atoms with Crippen molar-refractivity contribution in [1.82, 2.24) is 0 Å². The van der Waals surface area contributed by atoms with Crippen molar-refractivity contribution in [2.75, 3.05) is 18.2 Å². The van der Waals surface area contributed by atoms with Crippen molar-refractivity contribution in [3.8, 4) is 0 Å². The summed E-state index contributed by atoms with van der Waals surface area (Å²) < 4.78 is 5.45. The average Bonchev–Trinajstić information content (AvgIpc) is 2.54. The molecule has 0 spiro atoms. The van der Waals surface area contributed by atoms with Gasteiger partial charge in [-0.25, -0.2) is 0 Å². The minimum absolute atomic E-state index is 0.0858. The Morgan fingerprint density at radius 3 is 2.73 bits per heavy atom. The van der Waals surface area contributed by atoms with Crippen LogP contribution < -0.4 is 5.32 Å². The lowest BCUT2D eigenvalue weighted by Gasteiger charge is -2.13. The smallest absolute Gasteiger partial charge is 0.255 e. The average molecular weight is 315 g/mol. The molecular weight excluding hydrogens is 294 g/mol. The second-order valence-corrected chi connectivity index (χ2v) is 5.81. The first-order valence-corrected chi connectivity index (χ1v) is 8.49. The highest BCUT2D eigenvalue weighted by Gasteiger charge is 2.12. The fraction of sp³-hybridized carbons (Fsp3) is 0.278. The Bertz CT molecular complexity index is 655. The Morgan fingerprint density at radius 1 is 1.23 bits per heavy atom. The Kier molecular flexibility index (Phi) is 6.04. The Balaban J connectivity index is 2.22. The summed E-state index contributed by atoms with van der Waals surface area (Å²) in [7, 11) is 0. The normalized spacial score (nSPS) is 10.5. The Morgan fingerprint density at radius 2 is 2.00 bits per heavy atom. The number of amides is 1. The maximum atomic E-state index is 12.6. The molecule has 0 aromatic heterocycles. The number of nitrogens with one attached hydrogen (secondary N) is 1. The van der Waals surface area contributed by atoms with Crippen LogP contribution in [-0.4, -0.2) is 18.8 Å². The molecule has 0 atom stereocenters. The van der Waals surface area contributed by atoms with E-state index in [-0.39, 0.29) is 5.91 Å². The molecule has 1 amide bonds. The highest BCUT2D eigenvalue weighted by molar-refractivity contribution is 7.98. The number of carbonyl (C=O) groups excluding carboxylic acids is 1. The second-order valence-electron chi connectivity index (χ2n) is 4.93. The van der Waals surface area contributed by atoms with Gasteiger partial charge < -0.3 is 10.1 Å². The third-order valence-electron chi connectivity index (χ3n) is 3.42. The van der Waals surface area contributed by atoms with Crippen molar-refractivity contribution in [3.05, 3.63) is 59.2 Å². The number of aryl methyl sites for hydroxylation is 1. The van der Waals surface area contributed by atoms with E-state index in [4.69, 9.17) is 4.74 Å². The van der Waals surface area contributed by atoms with Gasteiger partial charge in [-0.1, -0.05) is 24.3 Å². The number of anilines is 1. The molecule has 3 nitrogen and oxygen atoms in total. The zero-order valence-electron chi connectivity index (χ0n) is 13.2. The fourth-order valence-corrected chi connectivity index (χ4v) is 2.58. The minimum Gasteiger partial charge on any atom is -0.377 e.